The summed E-state index contributed by atoms with van der Waals surface area (Å²) in [6.45, 7) is 6.48. The van der Waals surface area contributed by atoms with Gasteiger partial charge in [0, 0.05) is 36.3 Å². The van der Waals surface area contributed by atoms with Gasteiger partial charge >= 0.3 is 12.3 Å². The van der Waals surface area contributed by atoms with Gasteiger partial charge in [-0.15, -0.1) is 6.58 Å². The van der Waals surface area contributed by atoms with Crippen LogP contribution in [0.5, 0.6) is 0 Å². The van der Waals surface area contributed by atoms with E-state index >= 15 is 0 Å². The number of carboxylic acid groups (broad SMARTS) is 1. The Bertz CT molecular complexity index is 1920. The van der Waals surface area contributed by atoms with Gasteiger partial charge in [-0.3, -0.25) is 29.0 Å². The molecule has 6 rings (SSSR count). The first-order chi connectivity index (χ1) is 24.4. The van der Waals surface area contributed by atoms with Crippen LogP contribution >= 0.6 is 0 Å². The second kappa shape index (κ2) is 13.3. The lowest BCUT2D eigenvalue weighted by Gasteiger charge is -2.32. The lowest BCUT2D eigenvalue weighted by Crippen LogP contribution is -2.58. The predicted molar refractivity (Wildman–Crippen MR) is 177 cm³/mol. The second-order valence-corrected chi connectivity index (χ2v) is 16.1. The largest absolute Gasteiger partial charge is 0.465 e. The molecule has 3 heterocycles. The molecule has 1 aromatic heterocycles. The highest BCUT2D eigenvalue weighted by atomic mass is 32.2. The zero-order valence-electron chi connectivity index (χ0n) is 28.2. The minimum absolute atomic E-state index is 0.0269. The summed E-state index contributed by atoms with van der Waals surface area (Å²) in [5, 5.41) is 14.9. The molecule has 6 atom stereocenters. The number of fused-ring (bicyclic) bond motifs is 1. The number of benzene rings is 1. The molecule has 0 bridgehead atoms. The highest BCUT2D eigenvalue weighted by molar-refractivity contribution is 7.91. The lowest BCUT2D eigenvalue weighted by molar-refractivity contribution is -0.140. The molecular weight excluding hydrogens is 712 g/mol. The Hall–Kier alpha value is -4.74. The van der Waals surface area contributed by atoms with Gasteiger partial charge in [-0.05, 0) is 49.3 Å². The van der Waals surface area contributed by atoms with Crippen LogP contribution in [0.2, 0.25) is 0 Å². The molecule has 3 fully saturated rings. The van der Waals surface area contributed by atoms with Gasteiger partial charge in [-0.1, -0.05) is 32.1 Å². The summed E-state index contributed by atoms with van der Waals surface area (Å²) < 4.78 is 82.7. The highest BCUT2D eigenvalue weighted by Crippen LogP contribution is 2.47. The highest BCUT2D eigenvalue weighted by Gasteiger charge is 2.62. The Kier molecular flexibility index (Phi) is 9.51. The summed E-state index contributed by atoms with van der Waals surface area (Å²) in [6, 6.07) is 1.47. The second-order valence-electron chi connectivity index (χ2n) is 14.2. The van der Waals surface area contributed by atoms with Crippen LogP contribution in [0, 0.1) is 23.6 Å². The number of nitrogens with zero attached hydrogens (tertiary/aromatic N) is 3. The molecule has 2 aliphatic heterocycles. The number of halogens is 4. The number of carbonyl (C=O) groups excluding carboxylic acids is 3. The molecule has 4 N–H and O–H groups in total. The third-order valence-corrected chi connectivity index (χ3v) is 12.1. The number of alkyl halides is 3. The molecular formula is C34H38F4N6O7S. The van der Waals surface area contributed by atoms with Gasteiger partial charge in [0.1, 0.15) is 23.4 Å². The Morgan fingerprint density at radius 2 is 1.85 bits per heavy atom. The Morgan fingerprint density at radius 1 is 1.13 bits per heavy atom. The first-order valence-electron chi connectivity index (χ1n) is 16.7. The van der Waals surface area contributed by atoms with E-state index in [1.807, 2.05) is 0 Å². The fourth-order valence-corrected chi connectivity index (χ4v) is 8.67. The maximum absolute atomic E-state index is 14.9. The van der Waals surface area contributed by atoms with Gasteiger partial charge < -0.3 is 20.6 Å². The van der Waals surface area contributed by atoms with Crippen LogP contribution in [0.25, 0.3) is 0 Å². The molecule has 1 saturated heterocycles. The molecule has 1 unspecified atom stereocenters. The van der Waals surface area contributed by atoms with Crippen LogP contribution in [0.3, 0.4) is 0 Å². The standard InChI is InChI=1S/C34H38F4N6O7S/c1-4-19-12-33(19,31(47)42-52(50,51)22-8-9-22)41-29(45)26-10-18(28-23-6-5-7-25(35)24(23)16-44(28)32(48)49)15-43(26)30(46)27(17(2)3)40-21-11-20(13-39-14-21)34(36,37)38/h4-7,11,13-14,17-19,22,26-28,40H,1,8-10,12,15-16H2,2-3H3,(H,41,45)(H,42,47)(H,48,49)/t18-,19-,26+,27+,28?,33-/m1/s1. The Labute approximate surface area is 296 Å². The minimum atomic E-state index is -4.72. The fraction of sp³-hybridized carbons (Fsp3) is 0.500. The van der Waals surface area contributed by atoms with Crippen molar-refractivity contribution in [2.75, 3.05) is 11.9 Å². The molecule has 2 aromatic rings. The van der Waals surface area contributed by atoms with E-state index in [9.17, 15) is 50.3 Å². The normalized spacial score (nSPS) is 26.1. The summed E-state index contributed by atoms with van der Waals surface area (Å²) >= 11 is 0. The smallest absolute Gasteiger partial charge is 0.417 e. The maximum atomic E-state index is 14.9. The third kappa shape index (κ3) is 6.91. The number of sulfonamides is 1. The molecule has 2 saturated carbocycles. The van der Waals surface area contributed by atoms with Crippen molar-refractivity contribution in [3.63, 3.8) is 0 Å². The number of pyridine rings is 1. The number of hydrogen-bond donors (Lipinski definition) is 4. The van der Waals surface area contributed by atoms with Gasteiger partial charge in [0.25, 0.3) is 5.91 Å². The van der Waals surface area contributed by atoms with Crippen molar-refractivity contribution in [1.29, 1.82) is 0 Å². The van der Waals surface area contributed by atoms with Crippen LogP contribution in [-0.2, 0) is 37.1 Å². The number of carbonyl (C=O) groups is 4. The molecule has 280 valence electrons. The monoisotopic (exact) mass is 750 g/mol. The molecule has 52 heavy (non-hydrogen) atoms. The van der Waals surface area contributed by atoms with Crippen molar-refractivity contribution in [3.05, 3.63) is 71.8 Å². The first-order valence-corrected chi connectivity index (χ1v) is 18.3. The molecule has 1 aromatic carbocycles. The zero-order valence-corrected chi connectivity index (χ0v) is 29.0. The van der Waals surface area contributed by atoms with E-state index in [2.05, 4.69) is 26.9 Å². The molecule has 2 aliphatic carbocycles. The minimum Gasteiger partial charge on any atom is -0.465 e. The third-order valence-electron chi connectivity index (χ3n) is 10.3. The van der Waals surface area contributed by atoms with E-state index in [1.54, 1.807) is 19.9 Å². The number of amides is 4. The average Bonchev–Trinajstić information content (AvgIpc) is 3.97. The Morgan fingerprint density at radius 3 is 2.44 bits per heavy atom. The number of hydrogen-bond acceptors (Lipinski definition) is 8. The van der Waals surface area contributed by atoms with E-state index in [1.165, 1.54) is 23.1 Å². The topological polar surface area (TPSA) is 178 Å². The van der Waals surface area contributed by atoms with E-state index in [4.69, 9.17) is 0 Å². The lowest BCUT2D eigenvalue weighted by atomic mass is 9.90. The van der Waals surface area contributed by atoms with E-state index in [0.29, 0.717) is 24.6 Å². The van der Waals surface area contributed by atoms with Crippen molar-refractivity contribution in [2.45, 2.75) is 81.2 Å². The van der Waals surface area contributed by atoms with Crippen LogP contribution in [0.1, 0.15) is 62.3 Å². The molecule has 18 heteroatoms. The summed E-state index contributed by atoms with van der Waals surface area (Å²) in [7, 11) is -3.99. The number of nitrogens with one attached hydrogen (secondary N) is 3. The van der Waals surface area contributed by atoms with Gasteiger partial charge in [0.05, 0.1) is 29.1 Å². The van der Waals surface area contributed by atoms with Crippen LogP contribution in [0.4, 0.5) is 28.0 Å². The fourth-order valence-electron chi connectivity index (χ4n) is 7.30. The summed E-state index contributed by atoms with van der Waals surface area (Å²) in [4.78, 5) is 60.4. The molecule has 0 spiro atoms. The van der Waals surface area contributed by atoms with Crippen molar-refractivity contribution in [3.8, 4) is 0 Å². The van der Waals surface area contributed by atoms with Crippen molar-refractivity contribution < 1.29 is 50.3 Å². The van der Waals surface area contributed by atoms with Crippen LogP contribution in [-0.4, -0.2) is 81.5 Å². The molecule has 13 nitrogen and oxygen atoms in total. The van der Waals surface area contributed by atoms with E-state index < -0.39 is 98.1 Å². The van der Waals surface area contributed by atoms with Crippen LogP contribution < -0.4 is 15.4 Å². The van der Waals surface area contributed by atoms with Crippen molar-refractivity contribution >= 4 is 39.5 Å². The van der Waals surface area contributed by atoms with E-state index in [0.717, 1.165) is 17.2 Å². The predicted octanol–water partition coefficient (Wildman–Crippen LogP) is 3.80. The van der Waals surface area contributed by atoms with Gasteiger partial charge in [-0.25, -0.2) is 17.6 Å². The van der Waals surface area contributed by atoms with Crippen molar-refractivity contribution in [2.24, 2.45) is 17.8 Å². The molecule has 4 amide bonds. The Balaban J connectivity index is 1.33. The van der Waals surface area contributed by atoms with E-state index in [-0.39, 0.29) is 37.2 Å². The molecule has 4 aliphatic rings. The number of anilines is 1. The summed E-state index contributed by atoms with van der Waals surface area (Å²) in [5.41, 5.74) is -2.35. The maximum Gasteiger partial charge on any atom is 0.417 e. The van der Waals surface area contributed by atoms with Gasteiger partial charge in [0.2, 0.25) is 21.8 Å². The number of rotatable bonds is 11. The zero-order chi connectivity index (χ0) is 37.9. The number of aromatic nitrogens is 1. The number of likely N-dealkylation sites (tertiary alicyclic amines) is 1. The summed E-state index contributed by atoms with van der Waals surface area (Å²) in [5.74, 6) is -5.08. The quantitative estimate of drug-likeness (QED) is 0.197. The van der Waals surface area contributed by atoms with Gasteiger partial charge in [-0.2, -0.15) is 13.2 Å². The SMILES string of the molecule is C=C[C@@H]1C[C@]1(NC(=O)[C@@H]1C[C@@H](C2c3cccc(F)c3CN2C(=O)O)CN1C(=O)[C@@H](Nc1cncc(C(F)(F)F)c1)C(C)C)C(=O)NS(=O)(=O)C1CC1. The summed E-state index contributed by atoms with van der Waals surface area (Å²) in [6.07, 6.45) is -2.27. The average molecular weight is 751 g/mol. The molecule has 0 radical (unpaired) electrons. The van der Waals surface area contributed by atoms with Gasteiger partial charge in [0.15, 0.2) is 0 Å². The van der Waals surface area contributed by atoms with Crippen LogP contribution in [0.15, 0.2) is 49.3 Å². The van der Waals surface area contributed by atoms with Crippen molar-refractivity contribution in [1.82, 2.24) is 24.8 Å². The first kappa shape index (κ1) is 37.0.